The summed E-state index contributed by atoms with van der Waals surface area (Å²) < 4.78 is 5.73. The molecule has 1 aliphatic heterocycles. The third-order valence-electron chi connectivity index (χ3n) is 4.43. The van der Waals surface area contributed by atoms with E-state index in [1.54, 1.807) is 18.5 Å². The summed E-state index contributed by atoms with van der Waals surface area (Å²) in [5.41, 5.74) is 3.14. The molecule has 4 heteroatoms. The van der Waals surface area contributed by atoms with Crippen molar-refractivity contribution in [2.45, 2.75) is 32.3 Å². The lowest BCUT2D eigenvalue weighted by molar-refractivity contribution is 0.0528. The number of carbonyl (C=O) groups is 1. The maximum Gasteiger partial charge on any atom is 0.255 e. The molecule has 24 heavy (non-hydrogen) atoms. The lowest BCUT2D eigenvalue weighted by Crippen LogP contribution is -2.38. The highest BCUT2D eigenvalue weighted by Gasteiger charge is 2.23. The number of carbonyl (C=O) groups excluding carboxylic acids is 1. The molecule has 0 bridgehead atoms. The number of ether oxygens (including phenoxy) is 1. The van der Waals surface area contributed by atoms with E-state index in [1.807, 2.05) is 11.0 Å². The maximum absolute atomic E-state index is 12.8. The van der Waals surface area contributed by atoms with Crippen molar-refractivity contribution in [1.29, 1.82) is 0 Å². The van der Waals surface area contributed by atoms with Gasteiger partial charge in [-0.2, -0.15) is 0 Å². The molecule has 1 fully saturated rings. The molecule has 1 aliphatic rings. The summed E-state index contributed by atoms with van der Waals surface area (Å²) in [4.78, 5) is 18.8. The van der Waals surface area contributed by atoms with Crippen LogP contribution in [-0.4, -0.2) is 41.6 Å². The molecule has 0 spiro atoms. The zero-order valence-corrected chi connectivity index (χ0v) is 14.1. The van der Waals surface area contributed by atoms with Gasteiger partial charge in [0.15, 0.2) is 0 Å². The smallest absolute Gasteiger partial charge is 0.255 e. The van der Waals surface area contributed by atoms with Crippen molar-refractivity contribution in [3.05, 3.63) is 65.5 Å². The van der Waals surface area contributed by atoms with Gasteiger partial charge < -0.3 is 9.64 Å². The highest BCUT2D eigenvalue weighted by molar-refractivity contribution is 5.93. The molecule has 1 atom stereocenters. The van der Waals surface area contributed by atoms with Crippen LogP contribution < -0.4 is 0 Å². The van der Waals surface area contributed by atoms with E-state index in [2.05, 4.69) is 36.2 Å². The standard InChI is InChI=1S/C20H24N2O2/c1-16-6-8-17(9-7-16)10-12-22(15-19-5-3-13-24-19)20(23)18-4-2-11-21-14-18/h2,4,6-9,11,14,19H,3,5,10,12-13,15H2,1H3/t19-/m1/s1. The second kappa shape index (κ2) is 8.06. The van der Waals surface area contributed by atoms with Gasteiger partial charge in [0.25, 0.3) is 5.91 Å². The first kappa shape index (κ1) is 16.7. The lowest BCUT2D eigenvalue weighted by atomic mass is 10.1. The fourth-order valence-corrected chi connectivity index (χ4v) is 3.00. The molecule has 2 aromatic rings. The van der Waals surface area contributed by atoms with Gasteiger partial charge in [0.2, 0.25) is 0 Å². The van der Waals surface area contributed by atoms with Gasteiger partial charge in [0, 0.05) is 32.1 Å². The third-order valence-corrected chi connectivity index (χ3v) is 4.43. The van der Waals surface area contributed by atoms with Crippen molar-refractivity contribution in [3.8, 4) is 0 Å². The van der Waals surface area contributed by atoms with Gasteiger partial charge in [0.1, 0.15) is 0 Å². The van der Waals surface area contributed by atoms with Crippen LogP contribution in [0, 0.1) is 6.92 Å². The Morgan fingerprint density at radius 2 is 2.12 bits per heavy atom. The number of hydrogen-bond donors (Lipinski definition) is 0. The lowest BCUT2D eigenvalue weighted by Gasteiger charge is -2.25. The summed E-state index contributed by atoms with van der Waals surface area (Å²) in [6.45, 7) is 4.23. The fraction of sp³-hybridized carbons (Fsp3) is 0.400. The molecule has 0 radical (unpaired) electrons. The molecule has 0 aliphatic carbocycles. The topological polar surface area (TPSA) is 42.4 Å². The predicted molar refractivity (Wildman–Crippen MR) is 94.0 cm³/mol. The van der Waals surface area contributed by atoms with Crippen LogP contribution in [0.5, 0.6) is 0 Å². The van der Waals surface area contributed by atoms with E-state index in [0.29, 0.717) is 18.7 Å². The van der Waals surface area contributed by atoms with Gasteiger partial charge in [-0.1, -0.05) is 29.8 Å². The third kappa shape index (κ3) is 4.42. The van der Waals surface area contributed by atoms with E-state index in [9.17, 15) is 4.79 Å². The molecule has 1 aromatic carbocycles. The molecule has 4 nitrogen and oxygen atoms in total. The predicted octanol–water partition coefficient (Wildman–Crippen LogP) is 3.25. The van der Waals surface area contributed by atoms with Gasteiger partial charge in [-0.25, -0.2) is 0 Å². The fourth-order valence-electron chi connectivity index (χ4n) is 3.00. The van der Waals surface area contributed by atoms with Gasteiger partial charge in [-0.05, 0) is 43.9 Å². The molecule has 126 valence electrons. The quantitative estimate of drug-likeness (QED) is 0.819. The number of aryl methyl sites for hydroxylation is 1. The summed E-state index contributed by atoms with van der Waals surface area (Å²) in [6, 6.07) is 12.1. The summed E-state index contributed by atoms with van der Waals surface area (Å²) >= 11 is 0. The Bertz CT molecular complexity index is 649. The average Bonchev–Trinajstić information content (AvgIpc) is 3.13. The molecule has 1 amide bonds. The zero-order valence-electron chi connectivity index (χ0n) is 14.1. The largest absolute Gasteiger partial charge is 0.376 e. The molecule has 3 rings (SSSR count). The Balaban J connectivity index is 1.68. The summed E-state index contributed by atoms with van der Waals surface area (Å²) in [5.74, 6) is 0.0331. The van der Waals surface area contributed by atoms with Crippen molar-refractivity contribution >= 4 is 5.91 Å². The number of nitrogens with zero attached hydrogens (tertiary/aromatic N) is 2. The number of aromatic nitrogens is 1. The average molecular weight is 324 g/mol. The molecule has 0 unspecified atom stereocenters. The van der Waals surface area contributed by atoms with E-state index in [1.165, 1.54) is 11.1 Å². The van der Waals surface area contributed by atoms with Gasteiger partial charge in [0.05, 0.1) is 11.7 Å². The van der Waals surface area contributed by atoms with Crippen molar-refractivity contribution in [1.82, 2.24) is 9.88 Å². The van der Waals surface area contributed by atoms with Crippen LogP contribution in [0.3, 0.4) is 0 Å². The normalized spacial score (nSPS) is 17.0. The molecule has 1 aromatic heterocycles. The zero-order chi connectivity index (χ0) is 16.8. The Morgan fingerprint density at radius 1 is 1.29 bits per heavy atom. The highest BCUT2D eigenvalue weighted by Crippen LogP contribution is 2.16. The van der Waals surface area contributed by atoms with Crippen LogP contribution in [0.2, 0.25) is 0 Å². The van der Waals surface area contributed by atoms with Crippen molar-refractivity contribution in [2.24, 2.45) is 0 Å². The molecular formula is C20H24N2O2. The number of pyridine rings is 1. The first-order valence-electron chi connectivity index (χ1n) is 8.59. The maximum atomic E-state index is 12.8. The van der Waals surface area contributed by atoms with Crippen LogP contribution in [-0.2, 0) is 11.2 Å². The Kier molecular flexibility index (Phi) is 5.59. The molecular weight excluding hydrogens is 300 g/mol. The summed E-state index contributed by atoms with van der Waals surface area (Å²) in [5, 5.41) is 0. The minimum atomic E-state index is 0.0331. The van der Waals surface area contributed by atoms with E-state index in [0.717, 1.165) is 25.9 Å². The number of amides is 1. The summed E-state index contributed by atoms with van der Waals surface area (Å²) in [6.07, 6.45) is 6.44. The highest BCUT2D eigenvalue weighted by atomic mass is 16.5. The van der Waals surface area contributed by atoms with Crippen LogP contribution >= 0.6 is 0 Å². The molecule has 2 heterocycles. The van der Waals surface area contributed by atoms with Crippen LogP contribution in [0.15, 0.2) is 48.8 Å². The van der Waals surface area contributed by atoms with Crippen LogP contribution in [0.4, 0.5) is 0 Å². The van der Waals surface area contributed by atoms with Crippen molar-refractivity contribution < 1.29 is 9.53 Å². The van der Waals surface area contributed by atoms with E-state index in [4.69, 9.17) is 4.74 Å². The van der Waals surface area contributed by atoms with Crippen molar-refractivity contribution in [2.75, 3.05) is 19.7 Å². The Morgan fingerprint density at radius 3 is 2.79 bits per heavy atom. The van der Waals surface area contributed by atoms with Crippen LogP contribution in [0.1, 0.15) is 34.3 Å². The van der Waals surface area contributed by atoms with Crippen molar-refractivity contribution in [3.63, 3.8) is 0 Å². The minimum absolute atomic E-state index is 0.0331. The second-order valence-electron chi connectivity index (χ2n) is 6.36. The minimum Gasteiger partial charge on any atom is -0.376 e. The van der Waals surface area contributed by atoms with Crippen LogP contribution in [0.25, 0.3) is 0 Å². The molecule has 1 saturated heterocycles. The number of benzene rings is 1. The van der Waals surface area contributed by atoms with E-state index < -0.39 is 0 Å². The molecule has 0 saturated carbocycles. The van der Waals surface area contributed by atoms with Gasteiger partial charge in [-0.3, -0.25) is 9.78 Å². The Labute approximate surface area is 143 Å². The van der Waals surface area contributed by atoms with Gasteiger partial charge in [-0.15, -0.1) is 0 Å². The Hall–Kier alpha value is -2.20. The SMILES string of the molecule is Cc1ccc(CCN(C[C@H]2CCCO2)C(=O)c2cccnc2)cc1. The van der Waals surface area contributed by atoms with Gasteiger partial charge >= 0.3 is 0 Å². The first-order valence-corrected chi connectivity index (χ1v) is 8.59. The number of rotatable bonds is 6. The molecule has 0 N–H and O–H groups in total. The second-order valence-corrected chi connectivity index (χ2v) is 6.36. The van der Waals surface area contributed by atoms with E-state index >= 15 is 0 Å². The first-order chi connectivity index (χ1) is 11.7. The summed E-state index contributed by atoms with van der Waals surface area (Å²) in [7, 11) is 0. The monoisotopic (exact) mass is 324 g/mol. The van der Waals surface area contributed by atoms with E-state index in [-0.39, 0.29) is 12.0 Å². The number of hydrogen-bond acceptors (Lipinski definition) is 3.